The molecule has 1 aliphatic heterocycles. The lowest BCUT2D eigenvalue weighted by Gasteiger charge is -2.24. The Kier molecular flexibility index (Phi) is 4.26. The molecular formula is C19H17ClN4O2. The summed E-state index contributed by atoms with van der Waals surface area (Å²) < 4.78 is 12.6. The molecule has 0 saturated carbocycles. The SMILES string of the molecule is COc1ccc(C2=C[C@@H](c3ccc(Cl)cc3)n3ncnc3N2)cc1OC. The minimum absolute atomic E-state index is 0.0888. The zero-order valence-electron chi connectivity index (χ0n) is 14.3. The van der Waals surface area contributed by atoms with Crippen LogP contribution in [0.15, 0.2) is 54.9 Å². The number of hydrogen-bond donors (Lipinski definition) is 1. The fourth-order valence-corrected chi connectivity index (χ4v) is 3.13. The molecule has 2 aromatic carbocycles. The summed E-state index contributed by atoms with van der Waals surface area (Å²) in [5.41, 5.74) is 2.96. The minimum atomic E-state index is -0.0888. The summed E-state index contributed by atoms with van der Waals surface area (Å²) in [6.45, 7) is 0. The third kappa shape index (κ3) is 2.88. The van der Waals surface area contributed by atoms with Crippen LogP contribution in [0.1, 0.15) is 17.2 Å². The van der Waals surface area contributed by atoms with Crippen molar-refractivity contribution in [1.82, 2.24) is 14.8 Å². The molecule has 7 heteroatoms. The van der Waals surface area contributed by atoms with Gasteiger partial charge < -0.3 is 14.8 Å². The smallest absolute Gasteiger partial charge is 0.226 e. The van der Waals surface area contributed by atoms with Crippen molar-refractivity contribution in [3.63, 3.8) is 0 Å². The highest BCUT2D eigenvalue weighted by molar-refractivity contribution is 6.30. The molecule has 132 valence electrons. The number of allylic oxidation sites excluding steroid dienone is 1. The summed E-state index contributed by atoms with van der Waals surface area (Å²) in [6.07, 6.45) is 3.64. The van der Waals surface area contributed by atoms with Crippen LogP contribution in [-0.4, -0.2) is 29.0 Å². The number of aromatic nitrogens is 3. The van der Waals surface area contributed by atoms with Crippen molar-refractivity contribution in [1.29, 1.82) is 0 Å². The van der Waals surface area contributed by atoms with Gasteiger partial charge in [-0.15, -0.1) is 0 Å². The number of rotatable bonds is 4. The van der Waals surface area contributed by atoms with E-state index in [0.717, 1.165) is 16.8 Å². The van der Waals surface area contributed by atoms with Crippen LogP contribution in [0, 0.1) is 0 Å². The number of hydrogen-bond acceptors (Lipinski definition) is 5. The fraction of sp³-hybridized carbons (Fsp3) is 0.158. The third-order valence-electron chi connectivity index (χ3n) is 4.31. The first-order valence-corrected chi connectivity index (χ1v) is 8.43. The number of nitrogens with one attached hydrogen (secondary N) is 1. The topological polar surface area (TPSA) is 61.2 Å². The van der Waals surface area contributed by atoms with Gasteiger partial charge in [-0.3, -0.25) is 0 Å². The molecule has 1 aliphatic rings. The summed E-state index contributed by atoms with van der Waals surface area (Å²) in [6, 6.07) is 13.4. The number of nitrogens with zero attached hydrogens (tertiary/aromatic N) is 3. The summed E-state index contributed by atoms with van der Waals surface area (Å²) in [4.78, 5) is 4.32. The highest BCUT2D eigenvalue weighted by Crippen LogP contribution is 2.35. The molecule has 0 aliphatic carbocycles. The second-order valence-electron chi connectivity index (χ2n) is 5.80. The minimum Gasteiger partial charge on any atom is -0.493 e. The van der Waals surface area contributed by atoms with E-state index in [1.54, 1.807) is 14.2 Å². The van der Waals surface area contributed by atoms with E-state index in [4.69, 9.17) is 21.1 Å². The molecule has 26 heavy (non-hydrogen) atoms. The van der Waals surface area contributed by atoms with Crippen LogP contribution >= 0.6 is 11.6 Å². The molecule has 0 bridgehead atoms. The third-order valence-corrected chi connectivity index (χ3v) is 4.57. The molecule has 3 aromatic rings. The monoisotopic (exact) mass is 368 g/mol. The van der Waals surface area contributed by atoms with Gasteiger partial charge in [-0.25, -0.2) is 4.68 Å². The van der Waals surface area contributed by atoms with Crippen LogP contribution in [-0.2, 0) is 0 Å². The Morgan fingerprint density at radius 3 is 2.54 bits per heavy atom. The van der Waals surface area contributed by atoms with Crippen molar-refractivity contribution in [3.8, 4) is 11.5 Å². The normalized spacial score (nSPS) is 15.7. The van der Waals surface area contributed by atoms with Crippen LogP contribution in [0.25, 0.3) is 5.70 Å². The van der Waals surface area contributed by atoms with E-state index in [1.807, 2.05) is 47.1 Å². The fourth-order valence-electron chi connectivity index (χ4n) is 3.00. The predicted octanol–water partition coefficient (Wildman–Crippen LogP) is 4.00. The molecule has 1 atom stereocenters. The average Bonchev–Trinajstić information content (AvgIpc) is 3.16. The number of halogens is 1. The molecule has 2 heterocycles. The molecule has 6 nitrogen and oxygen atoms in total. The van der Waals surface area contributed by atoms with Crippen molar-refractivity contribution in [2.45, 2.75) is 6.04 Å². The summed E-state index contributed by atoms with van der Waals surface area (Å²) in [7, 11) is 3.24. The van der Waals surface area contributed by atoms with Crippen LogP contribution < -0.4 is 14.8 Å². The molecule has 0 radical (unpaired) electrons. The van der Waals surface area contributed by atoms with E-state index < -0.39 is 0 Å². The maximum Gasteiger partial charge on any atom is 0.226 e. The van der Waals surface area contributed by atoms with Gasteiger partial charge in [0.05, 0.1) is 14.2 Å². The molecule has 0 fully saturated rings. The maximum absolute atomic E-state index is 6.03. The zero-order valence-corrected chi connectivity index (χ0v) is 15.1. The largest absolute Gasteiger partial charge is 0.493 e. The molecule has 1 aromatic heterocycles. The lowest BCUT2D eigenvalue weighted by atomic mass is 10.0. The Labute approximate surface area is 156 Å². The number of fused-ring (bicyclic) bond motifs is 1. The Morgan fingerprint density at radius 2 is 1.81 bits per heavy atom. The molecule has 0 spiro atoms. The highest BCUT2D eigenvalue weighted by Gasteiger charge is 2.23. The van der Waals surface area contributed by atoms with Crippen LogP contribution in [0.3, 0.4) is 0 Å². The van der Waals surface area contributed by atoms with Gasteiger partial charge in [0.1, 0.15) is 12.4 Å². The lowest BCUT2D eigenvalue weighted by molar-refractivity contribution is 0.355. The van der Waals surface area contributed by atoms with Gasteiger partial charge in [0.2, 0.25) is 5.95 Å². The van der Waals surface area contributed by atoms with Gasteiger partial charge in [0.25, 0.3) is 0 Å². The Balaban J connectivity index is 1.78. The van der Waals surface area contributed by atoms with Crippen LogP contribution in [0.2, 0.25) is 5.02 Å². The Morgan fingerprint density at radius 1 is 1.04 bits per heavy atom. The van der Waals surface area contributed by atoms with Crippen LogP contribution in [0.5, 0.6) is 11.5 Å². The summed E-state index contributed by atoms with van der Waals surface area (Å²) in [5, 5.41) is 8.37. The Bertz CT molecular complexity index is 966. The maximum atomic E-state index is 6.03. The van der Waals surface area contributed by atoms with E-state index in [0.29, 0.717) is 22.5 Å². The molecule has 0 saturated heterocycles. The predicted molar refractivity (Wildman–Crippen MR) is 101 cm³/mol. The summed E-state index contributed by atoms with van der Waals surface area (Å²) >= 11 is 6.03. The second-order valence-corrected chi connectivity index (χ2v) is 6.24. The molecule has 1 N–H and O–H groups in total. The molecule has 0 amide bonds. The first-order chi connectivity index (χ1) is 12.7. The van der Waals surface area contributed by atoms with Crippen molar-refractivity contribution >= 4 is 23.2 Å². The molecular weight excluding hydrogens is 352 g/mol. The second kappa shape index (κ2) is 6.72. The van der Waals surface area contributed by atoms with E-state index in [2.05, 4.69) is 21.5 Å². The first kappa shape index (κ1) is 16.5. The van der Waals surface area contributed by atoms with E-state index in [-0.39, 0.29) is 6.04 Å². The van der Waals surface area contributed by atoms with Gasteiger partial charge >= 0.3 is 0 Å². The van der Waals surface area contributed by atoms with E-state index in [9.17, 15) is 0 Å². The molecule has 0 unspecified atom stereocenters. The number of methoxy groups -OCH3 is 2. The van der Waals surface area contributed by atoms with Crippen LogP contribution in [0.4, 0.5) is 5.95 Å². The van der Waals surface area contributed by atoms with Crippen molar-refractivity contribution in [3.05, 3.63) is 71.0 Å². The van der Waals surface area contributed by atoms with Gasteiger partial charge in [0.15, 0.2) is 11.5 Å². The van der Waals surface area contributed by atoms with Crippen molar-refractivity contribution < 1.29 is 9.47 Å². The van der Waals surface area contributed by atoms with Crippen molar-refractivity contribution in [2.75, 3.05) is 19.5 Å². The first-order valence-electron chi connectivity index (χ1n) is 8.06. The summed E-state index contributed by atoms with van der Waals surface area (Å²) in [5.74, 6) is 2.03. The molecule has 4 rings (SSSR count). The average molecular weight is 369 g/mol. The lowest BCUT2D eigenvalue weighted by Crippen LogP contribution is -2.20. The van der Waals surface area contributed by atoms with Crippen molar-refractivity contribution in [2.24, 2.45) is 0 Å². The number of ether oxygens (including phenoxy) is 2. The van der Waals surface area contributed by atoms with E-state index >= 15 is 0 Å². The van der Waals surface area contributed by atoms with E-state index in [1.165, 1.54) is 6.33 Å². The highest BCUT2D eigenvalue weighted by atomic mass is 35.5. The zero-order chi connectivity index (χ0) is 18.1. The number of anilines is 1. The Hall–Kier alpha value is -2.99. The number of benzene rings is 2. The van der Waals surface area contributed by atoms with Gasteiger partial charge in [-0.1, -0.05) is 23.7 Å². The van der Waals surface area contributed by atoms with Gasteiger partial charge in [-0.05, 0) is 42.0 Å². The van der Waals surface area contributed by atoms with Gasteiger partial charge in [0, 0.05) is 16.3 Å². The standard InChI is InChI=1S/C19H17ClN4O2/c1-25-17-8-5-13(9-18(17)26-2)15-10-16(12-3-6-14(20)7-4-12)24-19(23-15)21-11-22-24/h3-11,16H,1-2H3,(H,21,22,23)/t16-/m0/s1. The quantitative estimate of drug-likeness (QED) is 0.754. The van der Waals surface area contributed by atoms with Gasteiger partial charge in [-0.2, -0.15) is 10.1 Å².